The molecule has 3 heterocycles. The molecular formula is C27H29N5O5S. The Morgan fingerprint density at radius 1 is 1.13 bits per heavy atom. The first-order valence-electron chi connectivity index (χ1n) is 12.5. The van der Waals surface area contributed by atoms with Crippen molar-refractivity contribution in [1.29, 1.82) is 0 Å². The number of rotatable bonds is 8. The zero-order chi connectivity index (χ0) is 26.5. The second kappa shape index (κ2) is 11.2. The highest BCUT2D eigenvalue weighted by Crippen LogP contribution is 2.36. The maximum atomic E-state index is 12.9. The molecule has 0 spiro atoms. The maximum Gasteiger partial charge on any atom is 0.413 e. The number of anilines is 1. The number of thiophene rings is 1. The van der Waals surface area contributed by atoms with Gasteiger partial charge in [0.05, 0.1) is 30.8 Å². The predicted octanol–water partition coefficient (Wildman–Crippen LogP) is 3.65. The van der Waals surface area contributed by atoms with Crippen LogP contribution >= 0.6 is 11.3 Å². The molecule has 0 atom stereocenters. The molecule has 38 heavy (non-hydrogen) atoms. The van der Waals surface area contributed by atoms with E-state index < -0.39 is 11.6 Å². The van der Waals surface area contributed by atoms with Crippen LogP contribution < -0.4 is 20.3 Å². The zero-order valence-electron chi connectivity index (χ0n) is 21.0. The Bertz CT molecular complexity index is 1290. The molecule has 1 aromatic carbocycles. The van der Waals surface area contributed by atoms with E-state index in [1.54, 1.807) is 11.3 Å². The van der Waals surface area contributed by atoms with Gasteiger partial charge in [0.25, 0.3) is 0 Å². The van der Waals surface area contributed by atoms with Gasteiger partial charge in [0.15, 0.2) is 5.75 Å². The fourth-order valence-electron chi connectivity index (χ4n) is 4.66. The topological polar surface area (TPSA) is 123 Å². The van der Waals surface area contributed by atoms with Crippen LogP contribution in [0.15, 0.2) is 54.4 Å². The summed E-state index contributed by atoms with van der Waals surface area (Å²) < 4.78 is 10.2. The lowest BCUT2D eigenvalue weighted by atomic mass is 9.95. The van der Waals surface area contributed by atoms with Crippen molar-refractivity contribution in [2.45, 2.75) is 31.2 Å². The smallest absolute Gasteiger partial charge is 0.413 e. The number of amides is 2. The third-order valence-electron chi connectivity index (χ3n) is 6.99. The summed E-state index contributed by atoms with van der Waals surface area (Å²) in [6, 6.07) is 9.92. The van der Waals surface area contributed by atoms with Gasteiger partial charge >= 0.3 is 12.1 Å². The van der Waals surface area contributed by atoms with Gasteiger partial charge < -0.3 is 25.0 Å². The summed E-state index contributed by atoms with van der Waals surface area (Å²) in [7, 11) is 1.39. The van der Waals surface area contributed by atoms with Crippen LogP contribution in [0.25, 0.3) is 10.4 Å². The number of hydrogen-bond donors (Lipinski definition) is 2. The molecule has 2 fully saturated rings. The minimum atomic E-state index is -0.926. The number of hydrogen-bond acceptors (Lipinski definition) is 9. The SMILES string of the molecule is COC(=O)c1ccc(-c2cccs2)cc1N1CCC(CNC(=O)C2(NC(=O)Oc3cncnc3)CC2)CC1. The predicted molar refractivity (Wildman–Crippen MR) is 142 cm³/mol. The average molecular weight is 536 g/mol. The van der Waals surface area contributed by atoms with Crippen LogP contribution in [0.5, 0.6) is 5.75 Å². The summed E-state index contributed by atoms with van der Waals surface area (Å²) in [5.41, 5.74) is 1.56. The Morgan fingerprint density at radius 3 is 2.55 bits per heavy atom. The fraction of sp³-hybridized carbons (Fsp3) is 0.370. The van der Waals surface area contributed by atoms with E-state index in [0.29, 0.717) is 30.9 Å². The van der Waals surface area contributed by atoms with Crippen molar-refractivity contribution in [3.8, 4) is 16.2 Å². The maximum absolute atomic E-state index is 12.9. The molecule has 5 rings (SSSR count). The minimum absolute atomic E-state index is 0.196. The number of nitrogens with zero attached hydrogens (tertiary/aromatic N) is 3. The van der Waals surface area contributed by atoms with Gasteiger partial charge in [-0.25, -0.2) is 19.6 Å². The number of piperidine rings is 1. The van der Waals surface area contributed by atoms with Gasteiger partial charge in [0.1, 0.15) is 11.9 Å². The van der Waals surface area contributed by atoms with Crippen molar-refractivity contribution in [3.63, 3.8) is 0 Å². The molecule has 10 nitrogen and oxygen atoms in total. The van der Waals surface area contributed by atoms with Crippen LogP contribution in [0.3, 0.4) is 0 Å². The molecule has 0 unspecified atom stereocenters. The Kier molecular flexibility index (Phi) is 7.54. The molecule has 2 aromatic heterocycles. The highest BCUT2D eigenvalue weighted by atomic mass is 32.1. The van der Waals surface area contributed by atoms with Crippen LogP contribution in [0.4, 0.5) is 10.5 Å². The van der Waals surface area contributed by atoms with E-state index in [1.807, 2.05) is 23.6 Å². The lowest BCUT2D eigenvalue weighted by Crippen LogP contribution is -2.51. The highest BCUT2D eigenvalue weighted by Gasteiger charge is 2.51. The molecule has 0 radical (unpaired) electrons. The molecular weight excluding hydrogens is 506 g/mol. The molecule has 1 saturated carbocycles. The van der Waals surface area contributed by atoms with Crippen molar-refractivity contribution >= 4 is 35.0 Å². The summed E-state index contributed by atoms with van der Waals surface area (Å²) in [6.45, 7) is 2.04. The molecule has 2 amide bonds. The summed E-state index contributed by atoms with van der Waals surface area (Å²) >= 11 is 1.66. The first kappa shape index (κ1) is 25.7. The van der Waals surface area contributed by atoms with Crippen molar-refractivity contribution in [3.05, 3.63) is 60.0 Å². The van der Waals surface area contributed by atoms with Crippen molar-refractivity contribution < 1.29 is 23.9 Å². The number of methoxy groups -OCH3 is 1. The Hall–Kier alpha value is -3.99. The normalized spacial score (nSPS) is 16.4. The van der Waals surface area contributed by atoms with Gasteiger partial charge in [-0.15, -0.1) is 11.3 Å². The second-order valence-electron chi connectivity index (χ2n) is 9.51. The van der Waals surface area contributed by atoms with Gasteiger partial charge in [-0.1, -0.05) is 12.1 Å². The summed E-state index contributed by atoms with van der Waals surface area (Å²) in [4.78, 5) is 48.5. The Morgan fingerprint density at radius 2 is 1.89 bits per heavy atom. The van der Waals surface area contributed by atoms with Gasteiger partial charge in [-0.2, -0.15) is 0 Å². The third kappa shape index (κ3) is 5.77. The first-order chi connectivity index (χ1) is 18.5. The molecule has 1 aliphatic carbocycles. The lowest BCUT2D eigenvalue weighted by Gasteiger charge is -2.35. The van der Waals surface area contributed by atoms with E-state index >= 15 is 0 Å². The van der Waals surface area contributed by atoms with Crippen LogP contribution in [-0.2, 0) is 9.53 Å². The molecule has 0 bridgehead atoms. The Balaban J connectivity index is 1.15. The number of ether oxygens (including phenoxy) is 2. The molecule has 198 valence electrons. The van der Waals surface area contributed by atoms with Crippen LogP contribution in [0.1, 0.15) is 36.0 Å². The Labute approximate surface area is 224 Å². The second-order valence-corrected chi connectivity index (χ2v) is 10.5. The molecule has 2 aliphatic rings. The molecule has 2 N–H and O–H groups in total. The zero-order valence-corrected chi connectivity index (χ0v) is 21.8. The van der Waals surface area contributed by atoms with Crippen molar-refractivity contribution in [2.75, 3.05) is 31.6 Å². The third-order valence-corrected chi connectivity index (χ3v) is 7.91. The van der Waals surface area contributed by atoms with Gasteiger partial charge in [-0.3, -0.25) is 4.79 Å². The summed E-state index contributed by atoms with van der Waals surface area (Å²) in [6.07, 6.45) is 6.25. The fourth-order valence-corrected chi connectivity index (χ4v) is 5.38. The number of nitrogens with one attached hydrogen (secondary N) is 2. The average Bonchev–Trinajstić information content (AvgIpc) is 3.51. The number of benzene rings is 1. The number of carbonyl (C=O) groups is 3. The van der Waals surface area contributed by atoms with E-state index in [1.165, 1.54) is 25.8 Å². The number of carbonyl (C=O) groups excluding carboxylic acids is 3. The summed E-state index contributed by atoms with van der Waals surface area (Å²) in [5, 5.41) is 7.74. The molecule has 1 saturated heterocycles. The first-order valence-corrected chi connectivity index (χ1v) is 13.4. The lowest BCUT2D eigenvalue weighted by molar-refractivity contribution is -0.124. The van der Waals surface area contributed by atoms with Crippen molar-refractivity contribution in [1.82, 2.24) is 20.6 Å². The van der Waals surface area contributed by atoms with Crippen LogP contribution in [0, 0.1) is 5.92 Å². The number of aromatic nitrogens is 2. The quantitative estimate of drug-likeness (QED) is 0.419. The van der Waals surface area contributed by atoms with Crippen LogP contribution in [0.2, 0.25) is 0 Å². The molecule has 11 heteroatoms. The van der Waals surface area contributed by atoms with Gasteiger partial charge in [-0.05, 0) is 60.7 Å². The van der Waals surface area contributed by atoms with Gasteiger partial charge in [0, 0.05) is 24.5 Å². The summed E-state index contributed by atoms with van der Waals surface area (Å²) in [5.74, 6) is -0.0452. The molecule has 1 aliphatic heterocycles. The van der Waals surface area contributed by atoms with E-state index in [4.69, 9.17) is 9.47 Å². The van der Waals surface area contributed by atoms with Crippen LogP contribution in [-0.4, -0.2) is 60.2 Å². The molecule has 3 aromatic rings. The van der Waals surface area contributed by atoms with E-state index in [0.717, 1.165) is 42.1 Å². The van der Waals surface area contributed by atoms with Crippen molar-refractivity contribution in [2.24, 2.45) is 5.92 Å². The standard InChI is InChI=1S/C27H29N5O5S/c1-36-24(33)21-5-4-19(23-3-2-12-38-23)13-22(21)32-10-6-18(7-11-32)14-30-25(34)27(8-9-27)31-26(35)37-20-15-28-17-29-16-20/h2-5,12-13,15-18H,6-11,14H2,1H3,(H,30,34)(H,31,35). The van der Waals surface area contributed by atoms with E-state index in [9.17, 15) is 14.4 Å². The van der Waals surface area contributed by atoms with E-state index in [-0.39, 0.29) is 17.6 Å². The van der Waals surface area contributed by atoms with E-state index in [2.05, 4.69) is 37.6 Å². The minimum Gasteiger partial charge on any atom is -0.465 e. The monoisotopic (exact) mass is 535 g/mol. The largest absolute Gasteiger partial charge is 0.465 e. The van der Waals surface area contributed by atoms with Gasteiger partial charge in [0.2, 0.25) is 5.91 Å². The highest BCUT2D eigenvalue weighted by molar-refractivity contribution is 7.13. The number of esters is 1.